The van der Waals surface area contributed by atoms with E-state index in [1.165, 1.54) is 0 Å². The highest BCUT2D eigenvalue weighted by Crippen LogP contribution is 2.03. The quantitative estimate of drug-likeness (QED) is 0.603. The zero-order valence-corrected chi connectivity index (χ0v) is 6.50. The van der Waals surface area contributed by atoms with Gasteiger partial charge in [0, 0.05) is 7.05 Å². The van der Waals surface area contributed by atoms with Crippen molar-refractivity contribution in [3.63, 3.8) is 0 Å². The van der Waals surface area contributed by atoms with Gasteiger partial charge < -0.3 is 5.73 Å². The number of aryl methyl sites for hydroxylation is 2. The van der Waals surface area contributed by atoms with Crippen molar-refractivity contribution in [3.05, 3.63) is 11.6 Å². The van der Waals surface area contributed by atoms with Crippen LogP contribution in [-0.2, 0) is 7.05 Å². The molecule has 1 rings (SSSR count). The van der Waals surface area contributed by atoms with Crippen molar-refractivity contribution in [3.8, 4) is 0 Å². The molecule has 0 radical (unpaired) electrons. The second-order valence-corrected chi connectivity index (χ2v) is 2.43. The van der Waals surface area contributed by atoms with E-state index in [4.69, 9.17) is 5.73 Å². The summed E-state index contributed by atoms with van der Waals surface area (Å²) < 4.78 is 1.71. The highest BCUT2D eigenvalue weighted by Gasteiger charge is 2.06. The number of rotatable bonds is 1. The number of hydrogen-bond acceptors (Lipinski definition) is 3. The second-order valence-electron chi connectivity index (χ2n) is 2.43. The minimum absolute atomic E-state index is 0.0359. The highest BCUT2D eigenvalue weighted by atomic mass is 15.3. The number of hydrogen-bond donors (Lipinski definition) is 1. The Morgan fingerprint density at radius 2 is 2.20 bits per heavy atom. The molecule has 1 aromatic heterocycles. The average Bonchev–Trinajstić information content (AvgIpc) is 2.10. The van der Waals surface area contributed by atoms with Gasteiger partial charge >= 0.3 is 0 Å². The Hall–Kier alpha value is -0.900. The van der Waals surface area contributed by atoms with Crippen molar-refractivity contribution in [1.82, 2.24) is 14.8 Å². The molecule has 2 N–H and O–H groups in total. The molecular weight excluding hydrogens is 128 g/mol. The van der Waals surface area contributed by atoms with Crippen molar-refractivity contribution in [2.24, 2.45) is 12.8 Å². The van der Waals surface area contributed by atoms with Crippen LogP contribution in [0.25, 0.3) is 0 Å². The Bertz CT molecular complexity index is 226. The monoisotopic (exact) mass is 140 g/mol. The topological polar surface area (TPSA) is 56.7 Å². The normalized spacial score (nSPS) is 13.6. The zero-order chi connectivity index (χ0) is 7.72. The Balaban J connectivity index is 3.03. The summed E-state index contributed by atoms with van der Waals surface area (Å²) in [6, 6.07) is -0.0359. The molecule has 56 valence electrons. The molecule has 10 heavy (non-hydrogen) atoms. The lowest BCUT2D eigenvalue weighted by Crippen LogP contribution is -2.11. The summed E-state index contributed by atoms with van der Waals surface area (Å²) in [5, 5.41) is 4.06. The van der Waals surface area contributed by atoms with Crippen molar-refractivity contribution in [2.75, 3.05) is 0 Å². The van der Waals surface area contributed by atoms with Crippen molar-refractivity contribution in [1.29, 1.82) is 0 Å². The van der Waals surface area contributed by atoms with Crippen LogP contribution in [-0.4, -0.2) is 14.8 Å². The molecule has 0 fully saturated rings. The summed E-state index contributed by atoms with van der Waals surface area (Å²) >= 11 is 0. The molecule has 0 bridgehead atoms. The lowest BCUT2D eigenvalue weighted by atomic mass is 10.3. The van der Waals surface area contributed by atoms with E-state index in [2.05, 4.69) is 10.1 Å². The van der Waals surface area contributed by atoms with E-state index in [0.717, 1.165) is 11.6 Å². The zero-order valence-electron chi connectivity index (χ0n) is 6.50. The lowest BCUT2D eigenvalue weighted by molar-refractivity contribution is 0.638. The first-order valence-corrected chi connectivity index (χ1v) is 3.24. The molecule has 1 heterocycles. The smallest absolute Gasteiger partial charge is 0.147 e. The minimum atomic E-state index is -0.0359. The maximum atomic E-state index is 5.60. The van der Waals surface area contributed by atoms with Gasteiger partial charge in [0.05, 0.1) is 6.04 Å². The molecule has 1 unspecified atom stereocenters. The second kappa shape index (κ2) is 2.38. The summed E-state index contributed by atoms with van der Waals surface area (Å²) in [6.45, 7) is 3.75. The molecule has 4 nitrogen and oxygen atoms in total. The van der Waals surface area contributed by atoms with Crippen molar-refractivity contribution >= 4 is 0 Å². The predicted molar refractivity (Wildman–Crippen MR) is 38.3 cm³/mol. The van der Waals surface area contributed by atoms with E-state index in [-0.39, 0.29) is 6.04 Å². The molecule has 0 aromatic carbocycles. The average molecular weight is 140 g/mol. The van der Waals surface area contributed by atoms with E-state index in [0.29, 0.717) is 0 Å². The van der Waals surface area contributed by atoms with Crippen LogP contribution < -0.4 is 5.73 Å². The Labute approximate surface area is 60.1 Å². The van der Waals surface area contributed by atoms with Crippen molar-refractivity contribution < 1.29 is 0 Å². The van der Waals surface area contributed by atoms with Crippen LogP contribution in [0.2, 0.25) is 0 Å². The van der Waals surface area contributed by atoms with Crippen LogP contribution in [0, 0.1) is 6.92 Å². The first-order chi connectivity index (χ1) is 4.61. The standard InChI is InChI=1S/C6H12N4/c1-4(7)6-8-5(2)9-10(6)3/h4H,7H2,1-3H3. The molecule has 0 spiro atoms. The molecule has 1 atom stereocenters. The Morgan fingerprint density at radius 1 is 1.60 bits per heavy atom. The number of nitrogens with zero attached hydrogens (tertiary/aromatic N) is 3. The van der Waals surface area contributed by atoms with E-state index >= 15 is 0 Å². The van der Waals surface area contributed by atoms with Crippen LogP contribution in [0.1, 0.15) is 24.6 Å². The molecular formula is C6H12N4. The van der Waals surface area contributed by atoms with Gasteiger partial charge in [0.2, 0.25) is 0 Å². The van der Waals surface area contributed by atoms with Crippen LogP contribution in [0.4, 0.5) is 0 Å². The van der Waals surface area contributed by atoms with E-state index in [1.807, 2.05) is 20.9 Å². The van der Waals surface area contributed by atoms with Gasteiger partial charge in [0.15, 0.2) is 0 Å². The van der Waals surface area contributed by atoms with Gasteiger partial charge in [-0.3, -0.25) is 4.68 Å². The van der Waals surface area contributed by atoms with Gasteiger partial charge in [-0.1, -0.05) is 0 Å². The lowest BCUT2D eigenvalue weighted by Gasteiger charge is -2.00. The molecule has 0 aliphatic rings. The predicted octanol–water partition coefficient (Wildman–Crippen LogP) is 0.143. The molecule has 1 aromatic rings. The summed E-state index contributed by atoms with van der Waals surface area (Å²) in [5.74, 6) is 1.60. The highest BCUT2D eigenvalue weighted by molar-refractivity contribution is 4.94. The van der Waals surface area contributed by atoms with E-state index in [9.17, 15) is 0 Å². The first kappa shape index (κ1) is 7.21. The van der Waals surface area contributed by atoms with Gasteiger partial charge in [0.1, 0.15) is 11.6 Å². The van der Waals surface area contributed by atoms with Gasteiger partial charge in [0.25, 0.3) is 0 Å². The maximum absolute atomic E-state index is 5.60. The molecule has 0 amide bonds. The third-order valence-electron chi connectivity index (χ3n) is 1.31. The van der Waals surface area contributed by atoms with Crippen molar-refractivity contribution in [2.45, 2.75) is 19.9 Å². The molecule has 0 aliphatic carbocycles. The summed E-state index contributed by atoms with van der Waals surface area (Å²) in [5.41, 5.74) is 5.60. The van der Waals surface area contributed by atoms with Gasteiger partial charge in [-0.15, -0.1) is 0 Å². The molecule has 0 saturated heterocycles. The van der Waals surface area contributed by atoms with Gasteiger partial charge in [-0.25, -0.2) is 4.98 Å². The number of nitrogens with two attached hydrogens (primary N) is 1. The third-order valence-corrected chi connectivity index (χ3v) is 1.31. The molecule has 0 saturated carbocycles. The van der Waals surface area contributed by atoms with E-state index < -0.39 is 0 Å². The van der Waals surface area contributed by atoms with Crippen LogP contribution in [0.3, 0.4) is 0 Å². The third kappa shape index (κ3) is 1.16. The maximum Gasteiger partial charge on any atom is 0.147 e. The fourth-order valence-electron chi connectivity index (χ4n) is 0.925. The van der Waals surface area contributed by atoms with Crippen LogP contribution in [0.15, 0.2) is 0 Å². The fraction of sp³-hybridized carbons (Fsp3) is 0.667. The summed E-state index contributed by atoms with van der Waals surface area (Å²) in [4.78, 5) is 4.14. The van der Waals surface area contributed by atoms with Crippen LogP contribution >= 0.6 is 0 Å². The molecule has 4 heteroatoms. The van der Waals surface area contributed by atoms with E-state index in [1.54, 1.807) is 4.68 Å². The minimum Gasteiger partial charge on any atom is -0.322 e. The Kier molecular flexibility index (Phi) is 1.72. The van der Waals surface area contributed by atoms with Crippen LogP contribution in [0.5, 0.6) is 0 Å². The number of aromatic nitrogens is 3. The fourth-order valence-corrected chi connectivity index (χ4v) is 0.925. The van der Waals surface area contributed by atoms with Gasteiger partial charge in [-0.2, -0.15) is 5.10 Å². The first-order valence-electron chi connectivity index (χ1n) is 3.24. The Morgan fingerprint density at radius 3 is 2.40 bits per heavy atom. The van der Waals surface area contributed by atoms with Gasteiger partial charge in [-0.05, 0) is 13.8 Å². The summed E-state index contributed by atoms with van der Waals surface area (Å²) in [6.07, 6.45) is 0. The molecule has 0 aliphatic heterocycles. The SMILES string of the molecule is Cc1nc(C(C)N)n(C)n1. The largest absolute Gasteiger partial charge is 0.322 e. The summed E-state index contributed by atoms with van der Waals surface area (Å²) in [7, 11) is 1.85.